The van der Waals surface area contributed by atoms with E-state index in [4.69, 9.17) is 0 Å². The van der Waals surface area contributed by atoms with Gasteiger partial charge in [-0.1, -0.05) is 52.4 Å². The number of nitrogens with one attached hydrogen (secondary N) is 1. The molecule has 0 bridgehead atoms. The van der Waals surface area contributed by atoms with Crippen molar-refractivity contribution in [2.75, 3.05) is 7.05 Å². The van der Waals surface area contributed by atoms with E-state index in [1.807, 2.05) is 7.05 Å². The van der Waals surface area contributed by atoms with E-state index in [2.05, 4.69) is 26.2 Å². The number of Topliss-reactive ketones (excluding diaryl/α,β-unsaturated/α-hetero) is 2. The monoisotopic (exact) mass is 312 g/mol. The number of carbonyl (C=O) groups excluding carboxylic acids is 2. The van der Waals surface area contributed by atoms with E-state index in [1.54, 1.807) is 5.01 Å². The molecule has 0 aliphatic rings. The Bertz CT molecular complexity index is 330. The second kappa shape index (κ2) is 10.9. The summed E-state index contributed by atoms with van der Waals surface area (Å²) in [6.07, 6.45) is 9.35. The average molecular weight is 312 g/mol. The largest absolute Gasteiger partial charge is 0.298 e. The highest BCUT2D eigenvalue weighted by molar-refractivity contribution is 6.04. The summed E-state index contributed by atoms with van der Waals surface area (Å²) < 4.78 is 0. The van der Waals surface area contributed by atoms with Crippen LogP contribution in [0.2, 0.25) is 0 Å². The van der Waals surface area contributed by atoms with Gasteiger partial charge in [0.2, 0.25) is 0 Å². The van der Waals surface area contributed by atoms with Crippen molar-refractivity contribution in [2.24, 2.45) is 0 Å². The number of hydrazine groups is 1. The first-order valence-corrected chi connectivity index (χ1v) is 8.79. The molecule has 0 saturated carbocycles. The number of hydrogen-bond donors (Lipinski definition) is 1. The Kier molecular flexibility index (Phi) is 10.5. The van der Waals surface area contributed by atoms with Gasteiger partial charge in [0, 0.05) is 12.6 Å². The van der Waals surface area contributed by atoms with Gasteiger partial charge in [-0.2, -0.15) is 0 Å². The number of unbranched alkanes of at least 4 members (excludes halogenated alkanes) is 4. The minimum absolute atomic E-state index is 0.0539. The summed E-state index contributed by atoms with van der Waals surface area (Å²) in [4.78, 5) is 23.4. The van der Waals surface area contributed by atoms with Gasteiger partial charge in [0.15, 0.2) is 11.6 Å². The van der Waals surface area contributed by atoms with Crippen molar-refractivity contribution in [3.63, 3.8) is 0 Å². The third-order valence-corrected chi connectivity index (χ3v) is 4.27. The van der Waals surface area contributed by atoms with E-state index in [-0.39, 0.29) is 17.1 Å². The summed E-state index contributed by atoms with van der Waals surface area (Å²) in [6.45, 7) is 9.58. The molecule has 0 aliphatic heterocycles. The molecule has 1 unspecified atom stereocenters. The first kappa shape index (κ1) is 21.3. The van der Waals surface area contributed by atoms with Crippen LogP contribution in [0.3, 0.4) is 0 Å². The van der Waals surface area contributed by atoms with Gasteiger partial charge in [0.25, 0.3) is 0 Å². The molecular weight excluding hydrogens is 276 g/mol. The molecule has 0 heterocycles. The van der Waals surface area contributed by atoms with Crippen LogP contribution >= 0.6 is 0 Å². The van der Waals surface area contributed by atoms with Gasteiger partial charge in [-0.25, -0.2) is 10.4 Å². The fourth-order valence-electron chi connectivity index (χ4n) is 3.07. The molecular formula is C18H36N2O2. The van der Waals surface area contributed by atoms with Gasteiger partial charge >= 0.3 is 0 Å². The van der Waals surface area contributed by atoms with Crippen LogP contribution in [0.4, 0.5) is 0 Å². The first-order valence-electron chi connectivity index (χ1n) is 8.79. The highest BCUT2D eigenvalue weighted by Crippen LogP contribution is 2.23. The van der Waals surface area contributed by atoms with Crippen LogP contribution in [0.1, 0.15) is 86.0 Å². The van der Waals surface area contributed by atoms with Crippen molar-refractivity contribution in [3.8, 4) is 0 Å². The molecule has 4 nitrogen and oxygen atoms in total. The average Bonchev–Trinajstić information content (AvgIpc) is 2.40. The van der Waals surface area contributed by atoms with Crippen LogP contribution in [0.25, 0.3) is 0 Å². The molecule has 4 heteroatoms. The Morgan fingerprint density at radius 3 is 1.91 bits per heavy atom. The Hall–Kier alpha value is -0.740. The normalized spacial score (nSPS) is 14.4. The van der Waals surface area contributed by atoms with Crippen molar-refractivity contribution in [3.05, 3.63) is 0 Å². The Balaban J connectivity index is 4.79. The maximum absolute atomic E-state index is 11.7. The SMILES string of the molecule is CCCCCCC(C)(CCCC)NN(C)C(C(C)=O)C(C)=O. The van der Waals surface area contributed by atoms with Crippen LogP contribution < -0.4 is 5.43 Å². The number of nitrogens with zero attached hydrogens (tertiary/aromatic N) is 1. The van der Waals surface area contributed by atoms with Crippen LogP contribution in [-0.4, -0.2) is 35.2 Å². The summed E-state index contributed by atoms with van der Waals surface area (Å²) in [5.41, 5.74) is 3.41. The molecule has 1 N–H and O–H groups in total. The molecule has 0 aliphatic carbocycles. The minimum atomic E-state index is -0.684. The van der Waals surface area contributed by atoms with Crippen molar-refractivity contribution in [2.45, 2.75) is 97.6 Å². The van der Waals surface area contributed by atoms with Crippen molar-refractivity contribution < 1.29 is 9.59 Å². The number of rotatable bonds is 13. The second-order valence-electron chi connectivity index (χ2n) is 6.82. The molecule has 0 amide bonds. The standard InChI is InChI=1S/C18H36N2O2/c1-7-9-11-12-14-18(5,13-10-8-2)19-20(6)17(15(3)21)16(4)22/h17,19H,7-14H2,1-6H3. The topological polar surface area (TPSA) is 49.4 Å². The molecule has 0 aromatic heterocycles. The molecule has 0 fully saturated rings. The van der Waals surface area contributed by atoms with E-state index in [9.17, 15) is 9.59 Å². The minimum Gasteiger partial charge on any atom is -0.298 e. The van der Waals surface area contributed by atoms with E-state index >= 15 is 0 Å². The van der Waals surface area contributed by atoms with Gasteiger partial charge in [0.1, 0.15) is 6.04 Å². The highest BCUT2D eigenvalue weighted by Gasteiger charge is 2.31. The maximum Gasteiger partial charge on any atom is 0.155 e. The van der Waals surface area contributed by atoms with Gasteiger partial charge in [-0.3, -0.25) is 9.59 Å². The van der Waals surface area contributed by atoms with Gasteiger partial charge in [-0.15, -0.1) is 0 Å². The molecule has 0 aromatic rings. The zero-order valence-electron chi connectivity index (χ0n) is 15.5. The molecule has 0 radical (unpaired) electrons. The number of carbonyl (C=O) groups is 2. The summed E-state index contributed by atoms with van der Waals surface area (Å²) in [6, 6.07) is -0.684. The van der Waals surface area contributed by atoms with E-state index in [0.29, 0.717) is 0 Å². The number of ketones is 2. The molecule has 0 saturated heterocycles. The molecule has 0 aromatic carbocycles. The lowest BCUT2D eigenvalue weighted by atomic mass is 9.89. The molecule has 0 spiro atoms. The summed E-state index contributed by atoms with van der Waals surface area (Å²) in [7, 11) is 1.81. The van der Waals surface area contributed by atoms with E-state index in [0.717, 1.165) is 25.7 Å². The third kappa shape index (κ3) is 8.04. The third-order valence-electron chi connectivity index (χ3n) is 4.27. The first-order chi connectivity index (χ1) is 10.3. The maximum atomic E-state index is 11.7. The second-order valence-corrected chi connectivity index (χ2v) is 6.82. The fraction of sp³-hybridized carbons (Fsp3) is 0.889. The van der Waals surface area contributed by atoms with Crippen LogP contribution in [-0.2, 0) is 9.59 Å². The molecule has 22 heavy (non-hydrogen) atoms. The Labute approximate surface area is 137 Å². The number of likely N-dealkylation sites (N-methyl/N-ethyl adjacent to an activating group) is 1. The van der Waals surface area contributed by atoms with E-state index < -0.39 is 6.04 Å². The zero-order chi connectivity index (χ0) is 17.2. The predicted molar refractivity (Wildman–Crippen MR) is 92.7 cm³/mol. The van der Waals surface area contributed by atoms with Crippen molar-refractivity contribution >= 4 is 11.6 Å². The number of hydrogen-bond acceptors (Lipinski definition) is 4. The summed E-state index contributed by atoms with van der Waals surface area (Å²) >= 11 is 0. The lowest BCUT2D eigenvalue weighted by molar-refractivity contribution is -0.134. The smallest absolute Gasteiger partial charge is 0.155 e. The van der Waals surface area contributed by atoms with Gasteiger partial charge in [0.05, 0.1) is 0 Å². The quantitative estimate of drug-likeness (QED) is 0.318. The molecule has 0 rings (SSSR count). The molecule has 130 valence electrons. The van der Waals surface area contributed by atoms with Crippen LogP contribution in [0, 0.1) is 0 Å². The van der Waals surface area contributed by atoms with E-state index in [1.165, 1.54) is 39.5 Å². The lowest BCUT2D eigenvalue weighted by Crippen LogP contribution is -2.58. The predicted octanol–water partition coefficient (Wildman–Crippen LogP) is 3.89. The van der Waals surface area contributed by atoms with Crippen LogP contribution in [0.5, 0.6) is 0 Å². The van der Waals surface area contributed by atoms with Crippen LogP contribution in [0.15, 0.2) is 0 Å². The molecule has 1 atom stereocenters. The Morgan fingerprint density at radius 2 is 1.45 bits per heavy atom. The van der Waals surface area contributed by atoms with Gasteiger partial charge in [-0.05, 0) is 33.6 Å². The Morgan fingerprint density at radius 1 is 0.955 bits per heavy atom. The fourth-order valence-corrected chi connectivity index (χ4v) is 3.07. The van der Waals surface area contributed by atoms with Crippen molar-refractivity contribution in [1.29, 1.82) is 0 Å². The lowest BCUT2D eigenvalue weighted by Gasteiger charge is -2.38. The summed E-state index contributed by atoms with van der Waals surface area (Å²) in [5.74, 6) is -0.211. The zero-order valence-corrected chi connectivity index (χ0v) is 15.5. The van der Waals surface area contributed by atoms with Gasteiger partial charge < -0.3 is 0 Å². The highest BCUT2D eigenvalue weighted by atomic mass is 16.2. The summed E-state index contributed by atoms with van der Waals surface area (Å²) in [5, 5.41) is 1.72. The van der Waals surface area contributed by atoms with Crippen molar-refractivity contribution in [1.82, 2.24) is 10.4 Å².